The molecule has 2 aromatic rings. The van der Waals surface area contributed by atoms with Gasteiger partial charge in [-0.1, -0.05) is 12.1 Å². The molecule has 4 nitrogen and oxygen atoms in total. The first kappa shape index (κ1) is 12.0. The summed E-state index contributed by atoms with van der Waals surface area (Å²) in [6.45, 7) is 2.33. The van der Waals surface area contributed by atoms with Gasteiger partial charge in [-0.05, 0) is 19.1 Å². The molecule has 0 fully saturated rings. The van der Waals surface area contributed by atoms with Crippen LogP contribution in [0.25, 0.3) is 10.2 Å². The molecule has 0 radical (unpaired) electrons. The molecule has 17 heavy (non-hydrogen) atoms. The molecule has 1 aromatic heterocycles. The van der Waals surface area contributed by atoms with Gasteiger partial charge in [0.15, 0.2) is 0 Å². The van der Waals surface area contributed by atoms with Crippen LogP contribution in [-0.4, -0.2) is 24.5 Å². The summed E-state index contributed by atoms with van der Waals surface area (Å²) in [5.74, 6) is -0.0158. The number of nitrogens with zero attached hydrogens (tertiary/aromatic N) is 1. The monoisotopic (exact) mass is 249 g/mol. The molecule has 2 N–H and O–H groups in total. The highest BCUT2D eigenvalue weighted by Gasteiger charge is 2.11. The average molecular weight is 249 g/mol. The summed E-state index contributed by atoms with van der Waals surface area (Å²) in [7, 11) is 1.63. The van der Waals surface area contributed by atoms with E-state index < -0.39 is 0 Å². The quantitative estimate of drug-likeness (QED) is 0.867. The van der Waals surface area contributed by atoms with Crippen molar-refractivity contribution in [3.05, 3.63) is 29.3 Å². The molecule has 0 spiro atoms. The highest BCUT2D eigenvalue weighted by Crippen LogP contribution is 2.25. The number of para-hydroxylation sites is 1. The van der Waals surface area contributed by atoms with Gasteiger partial charge in [-0.2, -0.15) is 0 Å². The van der Waals surface area contributed by atoms with Gasteiger partial charge in [-0.3, -0.25) is 10.1 Å². The Morgan fingerprint density at radius 1 is 1.47 bits per heavy atom. The predicted molar refractivity (Wildman–Crippen MR) is 70.1 cm³/mol. The van der Waals surface area contributed by atoms with Gasteiger partial charge in [0.25, 0.3) is 0 Å². The van der Waals surface area contributed by atoms with Crippen molar-refractivity contribution < 1.29 is 4.79 Å². The summed E-state index contributed by atoms with van der Waals surface area (Å²) >= 11 is 1.66. The summed E-state index contributed by atoms with van der Waals surface area (Å²) in [5, 5.41) is 6.74. The van der Waals surface area contributed by atoms with E-state index in [0.717, 1.165) is 10.5 Å². The highest BCUT2D eigenvalue weighted by molar-refractivity contribution is 7.18. The van der Waals surface area contributed by atoms with Crippen LogP contribution >= 0.6 is 11.3 Å². The van der Waals surface area contributed by atoms with Crippen molar-refractivity contribution in [3.8, 4) is 0 Å². The minimum atomic E-state index is -0.0158. The maximum Gasteiger partial charge on any atom is 0.233 e. The second-order valence-corrected chi connectivity index (χ2v) is 4.86. The molecule has 90 valence electrons. The third-order valence-electron chi connectivity index (χ3n) is 2.53. The van der Waals surface area contributed by atoms with E-state index in [-0.39, 0.29) is 11.9 Å². The fourth-order valence-corrected chi connectivity index (χ4v) is 2.49. The molecule has 1 heterocycles. The van der Waals surface area contributed by atoms with E-state index in [0.29, 0.717) is 6.54 Å². The number of thiazole rings is 1. The van der Waals surface area contributed by atoms with E-state index in [9.17, 15) is 4.79 Å². The first-order valence-electron chi connectivity index (χ1n) is 5.50. The van der Waals surface area contributed by atoms with Crippen LogP contribution in [-0.2, 0) is 4.79 Å². The first-order chi connectivity index (χ1) is 8.20. The molecule has 1 amide bonds. The Hall–Kier alpha value is -1.46. The highest BCUT2D eigenvalue weighted by atomic mass is 32.1. The zero-order valence-electron chi connectivity index (χ0n) is 9.86. The Labute approximate surface area is 104 Å². The lowest BCUT2D eigenvalue weighted by molar-refractivity contribution is -0.119. The molecule has 0 aliphatic carbocycles. The lowest BCUT2D eigenvalue weighted by Crippen LogP contribution is -2.32. The van der Waals surface area contributed by atoms with E-state index >= 15 is 0 Å². The normalized spacial score (nSPS) is 12.6. The number of hydrogen-bond donors (Lipinski definition) is 2. The van der Waals surface area contributed by atoms with Gasteiger partial charge in [-0.15, -0.1) is 11.3 Å². The fraction of sp³-hybridized carbons (Fsp3) is 0.333. The molecule has 1 atom stereocenters. The van der Waals surface area contributed by atoms with Gasteiger partial charge in [-0.25, -0.2) is 4.98 Å². The number of fused-ring (bicyclic) bond motifs is 1. The van der Waals surface area contributed by atoms with Gasteiger partial charge < -0.3 is 5.32 Å². The number of carbonyl (C=O) groups is 1. The number of benzene rings is 1. The van der Waals surface area contributed by atoms with Crippen molar-refractivity contribution in [2.45, 2.75) is 13.0 Å². The molecule has 0 saturated carbocycles. The maximum atomic E-state index is 11.1. The number of carbonyl (C=O) groups excluding carboxylic acids is 1. The molecule has 0 aliphatic heterocycles. The van der Waals surface area contributed by atoms with Crippen LogP contribution in [0.2, 0.25) is 0 Å². The Balaban J connectivity index is 2.08. The molecule has 0 saturated heterocycles. The fourth-order valence-electron chi connectivity index (χ4n) is 1.50. The van der Waals surface area contributed by atoms with E-state index in [1.165, 1.54) is 4.70 Å². The summed E-state index contributed by atoms with van der Waals surface area (Å²) in [6, 6.07) is 8.13. The van der Waals surface area contributed by atoms with Crippen LogP contribution in [0.4, 0.5) is 0 Å². The molecule has 0 bridgehead atoms. The molecular weight excluding hydrogens is 234 g/mol. The van der Waals surface area contributed by atoms with Crippen molar-refractivity contribution >= 4 is 27.5 Å². The minimum Gasteiger partial charge on any atom is -0.358 e. The Morgan fingerprint density at radius 3 is 2.94 bits per heavy atom. The van der Waals surface area contributed by atoms with Crippen molar-refractivity contribution in [1.82, 2.24) is 15.6 Å². The number of nitrogens with one attached hydrogen (secondary N) is 2. The number of hydrogen-bond acceptors (Lipinski definition) is 4. The average Bonchev–Trinajstić information content (AvgIpc) is 2.79. The van der Waals surface area contributed by atoms with Crippen LogP contribution in [0.15, 0.2) is 24.3 Å². The van der Waals surface area contributed by atoms with Gasteiger partial charge >= 0.3 is 0 Å². The number of likely N-dealkylation sites (N-methyl/N-ethyl adjacent to an activating group) is 1. The molecule has 5 heteroatoms. The van der Waals surface area contributed by atoms with Crippen LogP contribution in [0.5, 0.6) is 0 Å². The summed E-state index contributed by atoms with van der Waals surface area (Å²) in [5.41, 5.74) is 1.01. The van der Waals surface area contributed by atoms with Crippen molar-refractivity contribution in [3.63, 3.8) is 0 Å². The molecule has 2 rings (SSSR count). The van der Waals surface area contributed by atoms with Crippen LogP contribution in [0, 0.1) is 0 Å². The maximum absolute atomic E-state index is 11.1. The minimum absolute atomic E-state index is 0.0158. The number of rotatable bonds is 4. The smallest absolute Gasteiger partial charge is 0.233 e. The zero-order chi connectivity index (χ0) is 12.3. The Morgan fingerprint density at radius 2 is 2.24 bits per heavy atom. The number of amides is 1. The van der Waals surface area contributed by atoms with E-state index in [2.05, 4.69) is 21.7 Å². The second-order valence-electron chi connectivity index (χ2n) is 3.80. The van der Waals surface area contributed by atoms with Gasteiger partial charge in [0.05, 0.1) is 22.8 Å². The Kier molecular flexibility index (Phi) is 3.71. The van der Waals surface area contributed by atoms with Crippen LogP contribution in [0.1, 0.15) is 18.0 Å². The predicted octanol–water partition coefficient (Wildman–Crippen LogP) is 1.69. The summed E-state index contributed by atoms with van der Waals surface area (Å²) < 4.78 is 1.18. The topological polar surface area (TPSA) is 54.0 Å². The van der Waals surface area contributed by atoms with Crippen molar-refractivity contribution in [2.75, 3.05) is 13.6 Å². The lowest BCUT2D eigenvalue weighted by Gasteiger charge is -2.09. The van der Waals surface area contributed by atoms with Gasteiger partial charge in [0, 0.05) is 7.05 Å². The molecule has 0 aliphatic rings. The van der Waals surface area contributed by atoms with Crippen molar-refractivity contribution in [2.24, 2.45) is 0 Å². The summed E-state index contributed by atoms with van der Waals surface area (Å²) in [6.07, 6.45) is 0. The number of aromatic nitrogens is 1. The second kappa shape index (κ2) is 5.25. The molecule has 1 unspecified atom stereocenters. The lowest BCUT2D eigenvalue weighted by atomic mass is 10.3. The van der Waals surface area contributed by atoms with Crippen molar-refractivity contribution in [1.29, 1.82) is 0 Å². The third-order valence-corrected chi connectivity index (χ3v) is 3.75. The first-order valence-corrected chi connectivity index (χ1v) is 6.32. The molecular formula is C12H15N3OS. The van der Waals surface area contributed by atoms with E-state index in [4.69, 9.17) is 0 Å². The van der Waals surface area contributed by atoms with E-state index in [1.54, 1.807) is 18.4 Å². The van der Waals surface area contributed by atoms with E-state index in [1.807, 2.05) is 25.1 Å². The molecule has 1 aromatic carbocycles. The van der Waals surface area contributed by atoms with Crippen LogP contribution < -0.4 is 10.6 Å². The largest absolute Gasteiger partial charge is 0.358 e. The summed E-state index contributed by atoms with van der Waals surface area (Å²) in [4.78, 5) is 15.7. The van der Waals surface area contributed by atoms with Crippen LogP contribution in [0.3, 0.4) is 0 Å². The third kappa shape index (κ3) is 2.81. The SMILES string of the molecule is CNC(=O)CNC(C)c1nc2ccccc2s1. The standard InChI is InChI=1S/C12H15N3OS/c1-8(14-7-11(16)13-2)12-15-9-5-3-4-6-10(9)17-12/h3-6,8,14H,7H2,1-2H3,(H,13,16). The Bertz CT molecular complexity index is 490. The van der Waals surface area contributed by atoms with Gasteiger partial charge in [0.2, 0.25) is 5.91 Å². The van der Waals surface area contributed by atoms with Gasteiger partial charge in [0.1, 0.15) is 5.01 Å². The zero-order valence-corrected chi connectivity index (χ0v) is 10.7.